The smallest absolute Gasteiger partial charge is 0.00388 e. The summed E-state index contributed by atoms with van der Waals surface area (Å²) in [5.74, 6) is 0. The highest BCUT2D eigenvalue weighted by molar-refractivity contribution is 5.63. The van der Waals surface area contributed by atoms with Crippen LogP contribution < -0.4 is 5.32 Å². The van der Waals surface area contributed by atoms with Gasteiger partial charge in [-0.15, -0.1) is 0 Å². The first-order valence-corrected chi connectivity index (χ1v) is 7.02. The molecule has 0 aliphatic rings. The number of hydrogen-bond donors (Lipinski definition) is 1. The summed E-state index contributed by atoms with van der Waals surface area (Å²) in [6.07, 6.45) is 2.32. The maximum atomic E-state index is 3.28. The van der Waals surface area contributed by atoms with Gasteiger partial charge in [-0.1, -0.05) is 54.1 Å². The van der Waals surface area contributed by atoms with E-state index in [1.807, 2.05) is 7.05 Å². The van der Waals surface area contributed by atoms with Crippen LogP contribution in [0.1, 0.15) is 24.5 Å². The summed E-state index contributed by atoms with van der Waals surface area (Å²) >= 11 is 0. The van der Waals surface area contributed by atoms with Gasteiger partial charge in [0.05, 0.1) is 0 Å². The Morgan fingerprint density at radius 3 is 1.95 bits per heavy atom. The van der Waals surface area contributed by atoms with Crippen LogP contribution in [-0.2, 0) is 6.42 Å². The molecule has 0 fully saturated rings. The van der Waals surface area contributed by atoms with E-state index in [1.54, 1.807) is 0 Å². The molecule has 0 saturated heterocycles. The van der Waals surface area contributed by atoms with Crippen molar-refractivity contribution in [3.63, 3.8) is 0 Å². The van der Waals surface area contributed by atoms with Crippen LogP contribution in [0.25, 0.3) is 11.1 Å². The Morgan fingerprint density at radius 2 is 1.42 bits per heavy atom. The Labute approximate surface area is 116 Å². The summed E-state index contributed by atoms with van der Waals surface area (Å²) in [6.45, 7) is 4.34. The molecule has 2 rings (SSSR count). The number of benzene rings is 2. The molecule has 0 amide bonds. The fraction of sp³-hybridized carbons (Fsp3) is 0.333. The van der Waals surface area contributed by atoms with Crippen molar-refractivity contribution in [2.75, 3.05) is 7.05 Å². The van der Waals surface area contributed by atoms with E-state index in [9.17, 15) is 0 Å². The molecule has 2 aromatic rings. The molecule has 1 N–H and O–H groups in total. The summed E-state index contributed by atoms with van der Waals surface area (Å²) in [6, 6.07) is 18.2. The maximum absolute atomic E-state index is 3.28. The molecule has 0 aliphatic carbocycles. The highest BCUT2D eigenvalue weighted by atomic mass is 14.8. The molecule has 1 nitrogen and oxygen atoms in total. The lowest BCUT2D eigenvalue weighted by Crippen LogP contribution is -2.21. The van der Waals surface area contributed by atoms with Crippen molar-refractivity contribution in [1.82, 2.24) is 5.32 Å². The van der Waals surface area contributed by atoms with Crippen molar-refractivity contribution < 1.29 is 0 Å². The lowest BCUT2D eigenvalue weighted by atomic mass is 10.0. The summed E-state index contributed by atoms with van der Waals surface area (Å²) in [4.78, 5) is 0. The molecule has 0 bridgehead atoms. The fourth-order valence-corrected chi connectivity index (χ4v) is 2.14. The highest BCUT2D eigenvalue weighted by Crippen LogP contribution is 2.20. The largest absolute Gasteiger partial charge is 0.317 e. The van der Waals surface area contributed by atoms with Gasteiger partial charge in [-0.3, -0.25) is 0 Å². The summed E-state index contributed by atoms with van der Waals surface area (Å²) in [5, 5.41) is 3.28. The Bertz CT molecular complexity index is 496. The number of rotatable bonds is 5. The van der Waals surface area contributed by atoms with Crippen LogP contribution in [0.3, 0.4) is 0 Å². The van der Waals surface area contributed by atoms with Crippen molar-refractivity contribution in [1.29, 1.82) is 0 Å². The van der Waals surface area contributed by atoms with Crippen molar-refractivity contribution >= 4 is 0 Å². The second kappa shape index (κ2) is 6.53. The molecular weight excluding hydrogens is 230 g/mol. The van der Waals surface area contributed by atoms with Crippen LogP contribution >= 0.6 is 0 Å². The topological polar surface area (TPSA) is 12.0 Å². The third kappa shape index (κ3) is 3.93. The maximum Gasteiger partial charge on any atom is 0.00388 e. The predicted octanol–water partition coefficient (Wildman–Crippen LogP) is 4.20. The average molecular weight is 253 g/mol. The molecule has 1 heteroatoms. The minimum Gasteiger partial charge on any atom is -0.317 e. The quantitative estimate of drug-likeness (QED) is 0.842. The van der Waals surface area contributed by atoms with Gasteiger partial charge in [0, 0.05) is 6.04 Å². The molecule has 1 atom stereocenters. The lowest BCUT2D eigenvalue weighted by molar-refractivity contribution is 0.565. The van der Waals surface area contributed by atoms with Gasteiger partial charge < -0.3 is 5.32 Å². The van der Waals surface area contributed by atoms with Crippen molar-refractivity contribution in [3.05, 3.63) is 59.7 Å². The van der Waals surface area contributed by atoms with E-state index in [2.05, 4.69) is 67.7 Å². The predicted molar refractivity (Wildman–Crippen MR) is 83.5 cm³/mol. The third-order valence-electron chi connectivity index (χ3n) is 3.70. The molecule has 100 valence electrons. The van der Waals surface area contributed by atoms with Crippen molar-refractivity contribution in [2.45, 2.75) is 32.7 Å². The molecule has 0 saturated carbocycles. The zero-order chi connectivity index (χ0) is 13.7. The lowest BCUT2D eigenvalue weighted by Gasteiger charge is -2.10. The van der Waals surface area contributed by atoms with E-state index in [0.717, 1.165) is 6.42 Å². The fourth-order valence-electron chi connectivity index (χ4n) is 2.14. The van der Waals surface area contributed by atoms with E-state index < -0.39 is 0 Å². The first kappa shape index (κ1) is 13.8. The molecule has 0 heterocycles. The van der Waals surface area contributed by atoms with Gasteiger partial charge in [-0.05, 0) is 50.4 Å². The monoisotopic (exact) mass is 253 g/mol. The van der Waals surface area contributed by atoms with Gasteiger partial charge in [0.1, 0.15) is 0 Å². The van der Waals surface area contributed by atoms with Gasteiger partial charge in [-0.2, -0.15) is 0 Å². The van der Waals surface area contributed by atoms with Crippen molar-refractivity contribution in [3.8, 4) is 11.1 Å². The van der Waals surface area contributed by atoms with Gasteiger partial charge in [-0.25, -0.2) is 0 Å². The molecule has 0 spiro atoms. The first-order chi connectivity index (χ1) is 9.19. The van der Waals surface area contributed by atoms with Gasteiger partial charge >= 0.3 is 0 Å². The van der Waals surface area contributed by atoms with Crippen molar-refractivity contribution in [2.24, 2.45) is 0 Å². The highest BCUT2D eigenvalue weighted by Gasteiger charge is 2.01. The van der Waals surface area contributed by atoms with E-state index in [0.29, 0.717) is 6.04 Å². The van der Waals surface area contributed by atoms with Crippen LogP contribution in [0.2, 0.25) is 0 Å². The zero-order valence-electron chi connectivity index (χ0n) is 12.1. The molecule has 19 heavy (non-hydrogen) atoms. The van der Waals surface area contributed by atoms with Crippen LogP contribution in [0.5, 0.6) is 0 Å². The Hall–Kier alpha value is -1.60. The Morgan fingerprint density at radius 1 is 0.895 bits per heavy atom. The van der Waals surface area contributed by atoms with E-state index in [4.69, 9.17) is 0 Å². The van der Waals surface area contributed by atoms with Gasteiger partial charge in [0.15, 0.2) is 0 Å². The zero-order valence-corrected chi connectivity index (χ0v) is 12.1. The van der Waals surface area contributed by atoms with E-state index in [1.165, 1.54) is 28.7 Å². The van der Waals surface area contributed by atoms with E-state index in [-0.39, 0.29) is 0 Å². The first-order valence-electron chi connectivity index (χ1n) is 7.02. The average Bonchev–Trinajstić information content (AvgIpc) is 2.46. The summed E-state index contributed by atoms with van der Waals surface area (Å²) in [5.41, 5.74) is 5.31. The third-order valence-corrected chi connectivity index (χ3v) is 3.70. The van der Waals surface area contributed by atoms with Crippen LogP contribution in [0.15, 0.2) is 48.5 Å². The molecule has 0 aliphatic heterocycles. The SMILES string of the molecule is CNC(C)CCc1ccc(-c2ccc(C)cc2)cc1. The standard InChI is InChI=1S/C18H23N/c1-14-4-10-17(11-5-14)18-12-8-16(9-13-18)7-6-15(2)19-3/h4-5,8-13,15,19H,6-7H2,1-3H3. The molecule has 0 radical (unpaired) electrons. The molecule has 2 aromatic carbocycles. The normalized spacial score (nSPS) is 12.4. The Kier molecular flexibility index (Phi) is 4.75. The number of hydrogen-bond acceptors (Lipinski definition) is 1. The van der Waals surface area contributed by atoms with Gasteiger partial charge in [0.2, 0.25) is 0 Å². The van der Waals surface area contributed by atoms with Gasteiger partial charge in [0.25, 0.3) is 0 Å². The summed E-state index contributed by atoms with van der Waals surface area (Å²) in [7, 11) is 2.02. The minimum absolute atomic E-state index is 0.580. The van der Waals surface area contributed by atoms with Crippen LogP contribution in [-0.4, -0.2) is 13.1 Å². The molecule has 0 aromatic heterocycles. The minimum atomic E-state index is 0.580. The second-order valence-corrected chi connectivity index (χ2v) is 5.29. The summed E-state index contributed by atoms with van der Waals surface area (Å²) < 4.78 is 0. The Balaban J connectivity index is 2.04. The van der Waals surface area contributed by atoms with Crippen LogP contribution in [0, 0.1) is 6.92 Å². The number of aryl methyl sites for hydroxylation is 2. The molecular formula is C18H23N. The molecule has 1 unspecified atom stereocenters. The second-order valence-electron chi connectivity index (χ2n) is 5.29. The number of nitrogens with one attached hydrogen (secondary N) is 1. The van der Waals surface area contributed by atoms with Crippen LogP contribution in [0.4, 0.5) is 0 Å². The van der Waals surface area contributed by atoms with E-state index >= 15 is 0 Å².